The first kappa shape index (κ1) is 13.5. The van der Waals surface area contributed by atoms with Crippen molar-refractivity contribution in [1.29, 1.82) is 0 Å². The van der Waals surface area contributed by atoms with Gasteiger partial charge in [0.05, 0.1) is 11.3 Å². The third kappa shape index (κ3) is 3.79. The lowest BCUT2D eigenvalue weighted by atomic mass is 10.1. The number of hydrogen-bond acceptors (Lipinski definition) is 2. The van der Waals surface area contributed by atoms with E-state index >= 15 is 0 Å². The van der Waals surface area contributed by atoms with E-state index in [1.165, 1.54) is 6.07 Å². The second-order valence-electron chi connectivity index (χ2n) is 3.38. The highest BCUT2D eigenvalue weighted by atomic mass is 79.9. The maximum Gasteiger partial charge on any atom is 0.417 e. The smallest absolute Gasteiger partial charge is 0.229 e. The third-order valence-electron chi connectivity index (χ3n) is 1.77. The Morgan fingerprint density at radius 1 is 1.31 bits per heavy atom. The van der Waals surface area contributed by atoms with Crippen molar-refractivity contribution < 1.29 is 21.6 Å². The monoisotopic (exact) mass is 316 g/mol. The molecule has 0 N–H and O–H groups in total. The quantitative estimate of drug-likeness (QED) is 0.840. The van der Waals surface area contributed by atoms with Crippen LogP contribution in [0, 0.1) is 0 Å². The molecule has 0 aliphatic carbocycles. The molecule has 0 bridgehead atoms. The molecule has 0 amide bonds. The molecule has 1 rings (SSSR count). The van der Waals surface area contributed by atoms with Crippen molar-refractivity contribution in [2.75, 3.05) is 6.26 Å². The van der Waals surface area contributed by atoms with Gasteiger partial charge in [0.25, 0.3) is 0 Å². The molecule has 0 aliphatic heterocycles. The molecule has 7 heteroatoms. The molecule has 0 aromatic heterocycles. The fraction of sp³-hybridized carbons (Fsp3) is 0.333. The Kier molecular flexibility index (Phi) is 3.69. The Morgan fingerprint density at radius 3 is 2.25 bits per heavy atom. The Morgan fingerprint density at radius 2 is 1.88 bits per heavy atom. The lowest BCUT2D eigenvalue weighted by molar-refractivity contribution is -0.138. The standard InChI is InChI=1S/C9H8BrF3O2S/c1-16(14,15)5-6-2-3-7(8(10)4-6)9(11,12)13/h2-4H,5H2,1H3. The summed E-state index contributed by atoms with van der Waals surface area (Å²) in [5.74, 6) is -0.274. The molecule has 0 spiro atoms. The predicted molar refractivity (Wildman–Crippen MR) is 57.7 cm³/mol. The highest BCUT2D eigenvalue weighted by Crippen LogP contribution is 2.35. The van der Waals surface area contributed by atoms with Crippen LogP contribution in [-0.4, -0.2) is 14.7 Å². The van der Waals surface area contributed by atoms with Crippen molar-refractivity contribution in [2.45, 2.75) is 11.9 Å². The van der Waals surface area contributed by atoms with Crippen molar-refractivity contribution in [1.82, 2.24) is 0 Å². The average molecular weight is 317 g/mol. The highest BCUT2D eigenvalue weighted by molar-refractivity contribution is 9.10. The number of rotatable bonds is 2. The first-order valence-corrected chi connectivity index (χ1v) is 6.98. The van der Waals surface area contributed by atoms with Gasteiger partial charge in [-0.2, -0.15) is 13.2 Å². The molecular weight excluding hydrogens is 309 g/mol. The van der Waals surface area contributed by atoms with Gasteiger partial charge in [0.1, 0.15) is 0 Å². The van der Waals surface area contributed by atoms with Crippen LogP contribution in [0.1, 0.15) is 11.1 Å². The minimum atomic E-state index is -4.44. The maximum absolute atomic E-state index is 12.4. The van der Waals surface area contributed by atoms with Crippen LogP contribution >= 0.6 is 15.9 Å². The van der Waals surface area contributed by atoms with Crippen LogP contribution in [0.5, 0.6) is 0 Å². The van der Waals surface area contributed by atoms with Gasteiger partial charge in [0.2, 0.25) is 0 Å². The molecule has 0 fully saturated rings. The molecule has 0 heterocycles. The van der Waals surface area contributed by atoms with Gasteiger partial charge in [0.15, 0.2) is 9.84 Å². The second-order valence-corrected chi connectivity index (χ2v) is 6.38. The molecule has 0 saturated carbocycles. The zero-order valence-corrected chi connectivity index (χ0v) is 10.6. The van der Waals surface area contributed by atoms with Gasteiger partial charge in [-0.1, -0.05) is 22.0 Å². The predicted octanol–water partition coefficient (Wildman–Crippen LogP) is 3.01. The maximum atomic E-state index is 12.4. The lowest BCUT2D eigenvalue weighted by Gasteiger charge is -2.10. The Hall–Kier alpha value is -0.560. The third-order valence-corrected chi connectivity index (χ3v) is 3.28. The van der Waals surface area contributed by atoms with E-state index in [2.05, 4.69) is 15.9 Å². The van der Waals surface area contributed by atoms with Crippen LogP contribution in [0.25, 0.3) is 0 Å². The molecule has 90 valence electrons. The fourth-order valence-corrected chi connectivity index (χ4v) is 2.62. The first-order valence-electron chi connectivity index (χ1n) is 4.13. The summed E-state index contributed by atoms with van der Waals surface area (Å²) >= 11 is 2.78. The average Bonchev–Trinajstić information content (AvgIpc) is 1.97. The van der Waals surface area contributed by atoms with Gasteiger partial charge in [-0.05, 0) is 17.7 Å². The zero-order valence-electron chi connectivity index (χ0n) is 8.18. The van der Waals surface area contributed by atoms with Crippen LogP contribution in [0.2, 0.25) is 0 Å². The van der Waals surface area contributed by atoms with E-state index in [1.807, 2.05) is 0 Å². The van der Waals surface area contributed by atoms with Crippen molar-refractivity contribution in [3.05, 3.63) is 33.8 Å². The summed E-state index contributed by atoms with van der Waals surface area (Å²) in [5, 5.41) is 0. The fourth-order valence-electron chi connectivity index (χ4n) is 1.18. The van der Waals surface area contributed by atoms with Crippen molar-refractivity contribution >= 4 is 25.8 Å². The topological polar surface area (TPSA) is 34.1 Å². The summed E-state index contributed by atoms with van der Waals surface area (Å²) < 4.78 is 58.9. The van der Waals surface area contributed by atoms with Gasteiger partial charge in [-0.25, -0.2) is 8.42 Å². The summed E-state index contributed by atoms with van der Waals surface area (Å²) in [7, 11) is -3.24. The van der Waals surface area contributed by atoms with E-state index < -0.39 is 21.6 Å². The molecule has 0 aliphatic rings. The lowest BCUT2D eigenvalue weighted by Crippen LogP contribution is -2.07. The van der Waals surface area contributed by atoms with E-state index in [4.69, 9.17) is 0 Å². The summed E-state index contributed by atoms with van der Waals surface area (Å²) in [6.07, 6.45) is -3.42. The number of hydrogen-bond donors (Lipinski definition) is 0. The number of halogens is 4. The molecule has 2 nitrogen and oxygen atoms in total. The molecular formula is C9H8BrF3O2S. The van der Waals surface area contributed by atoms with E-state index in [0.717, 1.165) is 18.4 Å². The highest BCUT2D eigenvalue weighted by Gasteiger charge is 2.32. The summed E-state index contributed by atoms with van der Waals surface area (Å²) in [5.41, 5.74) is -0.493. The van der Waals surface area contributed by atoms with Gasteiger partial charge in [-0.15, -0.1) is 0 Å². The normalized spacial score (nSPS) is 12.8. The molecule has 0 atom stereocenters. The number of benzene rings is 1. The van der Waals surface area contributed by atoms with Crippen molar-refractivity contribution in [2.24, 2.45) is 0 Å². The van der Waals surface area contributed by atoms with Crippen LogP contribution in [0.3, 0.4) is 0 Å². The van der Waals surface area contributed by atoms with Crippen LogP contribution in [0.15, 0.2) is 22.7 Å². The molecule has 16 heavy (non-hydrogen) atoms. The van der Waals surface area contributed by atoms with E-state index in [9.17, 15) is 21.6 Å². The van der Waals surface area contributed by atoms with E-state index in [1.54, 1.807) is 0 Å². The number of sulfone groups is 1. The van der Waals surface area contributed by atoms with Gasteiger partial charge in [0, 0.05) is 10.7 Å². The zero-order chi connectivity index (χ0) is 12.6. The Balaban J connectivity index is 3.10. The van der Waals surface area contributed by atoms with Gasteiger partial charge < -0.3 is 0 Å². The van der Waals surface area contributed by atoms with Crippen LogP contribution < -0.4 is 0 Å². The largest absolute Gasteiger partial charge is 0.417 e. The minimum absolute atomic E-state index is 0.152. The Bertz CT molecular complexity index is 494. The van der Waals surface area contributed by atoms with Crippen LogP contribution in [-0.2, 0) is 21.8 Å². The molecule has 1 aromatic carbocycles. The second kappa shape index (κ2) is 4.37. The summed E-state index contributed by atoms with van der Waals surface area (Å²) in [6, 6.07) is 3.20. The van der Waals surface area contributed by atoms with Crippen molar-refractivity contribution in [3.63, 3.8) is 0 Å². The Labute approximate surface area is 99.5 Å². The van der Waals surface area contributed by atoms with E-state index in [0.29, 0.717) is 5.56 Å². The molecule has 0 saturated heterocycles. The summed E-state index contributed by atoms with van der Waals surface area (Å²) in [6.45, 7) is 0. The van der Waals surface area contributed by atoms with Gasteiger partial charge >= 0.3 is 6.18 Å². The molecule has 1 aromatic rings. The molecule has 0 unspecified atom stereocenters. The summed E-state index contributed by atoms with van der Waals surface area (Å²) in [4.78, 5) is 0. The van der Waals surface area contributed by atoms with Crippen molar-refractivity contribution in [3.8, 4) is 0 Å². The SMILES string of the molecule is CS(=O)(=O)Cc1ccc(C(F)(F)F)c(Br)c1. The van der Waals surface area contributed by atoms with Crippen LogP contribution in [0.4, 0.5) is 13.2 Å². The van der Waals surface area contributed by atoms with E-state index in [-0.39, 0.29) is 10.2 Å². The number of alkyl halides is 3. The first-order chi connectivity index (χ1) is 7.09. The minimum Gasteiger partial charge on any atom is -0.229 e. The molecule has 0 radical (unpaired) electrons. The van der Waals surface area contributed by atoms with Gasteiger partial charge in [-0.3, -0.25) is 0 Å².